The molecule has 78 valence electrons. The predicted molar refractivity (Wildman–Crippen MR) is 69.0 cm³/mol. The van der Waals surface area contributed by atoms with Crippen molar-refractivity contribution >= 4 is 35.2 Å². The topological polar surface area (TPSA) is 34.9 Å². The van der Waals surface area contributed by atoms with E-state index in [1.165, 1.54) is 0 Å². The molecule has 0 aromatic carbocycles. The van der Waals surface area contributed by atoms with Gasteiger partial charge in [-0.25, -0.2) is 4.98 Å². The standard InChI is InChI=1S/C9H13IN2OS/c1-7-8(10)9(13)12(6-11-7)4-2-3-5-14/h6,14H,2-5H2,1H3. The Morgan fingerprint density at radius 1 is 1.57 bits per heavy atom. The smallest absolute Gasteiger partial charge is 0.266 e. The van der Waals surface area contributed by atoms with Gasteiger partial charge in [0.2, 0.25) is 0 Å². The fourth-order valence-electron chi connectivity index (χ4n) is 1.10. The summed E-state index contributed by atoms with van der Waals surface area (Å²) >= 11 is 6.17. The highest BCUT2D eigenvalue weighted by Gasteiger charge is 2.04. The van der Waals surface area contributed by atoms with Crippen LogP contribution in [0.5, 0.6) is 0 Å². The minimum atomic E-state index is 0.0669. The zero-order chi connectivity index (χ0) is 10.6. The van der Waals surface area contributed by atoms with Crippen LogP contribution in [0.25, 0.3) is 0 Å². The molecule has 1 aromatic heterocycles. The molecule has 0 spiro atoms. The third-order valence-corrected chi connectivity index (χ3v) is 3.52. The van der Waals surface area contributed by atoms with Crippen LogP contribution in [0.4, 0.5) is 0 Å². The largest absolute Gasteiger partial charge is 0.298 e. The summed E-state index contributed by atoms with van der Waals surface area (Å²) in [4.78, 5) is 15.8. The summed E-state index contributed by atoms with van der Waals surface area (Å²) in [6, 6.07) is 0. The SMILES string of the molecule is Cc1ncn(CCCCS)c(=O)c1I. The second-order valence-corrected chi connectivity index (χ2v) is 4.60. The van der Waals surface area contributed by atoms with Crippen LogP contribution in [0.2, 0.25) is 0 Å². The van der Waals surface area contributed by atoms with Gasteiger partial charge in [0.15, 0.2) is 0 Å². The lowest BCUT2D eigenvalue weighted by molar-refractivity contribution is 0.601. The predicted octanol–water partition coefficient (Wildman–Crippen LogP) is 1.87. The number of hydrogen-bond donors (Lipinski definition) is 1. The van der Waals surface area contributed by atoms with E-state index >= 15 is 0 Å². The highest BCUT2D eigenvalue weighted by Crippen LogP contribution is 2.02. The van der Waals surface area contributed by atoms with Crippen molar-refractivity contribution in [2.75, 3.05) is 5.75 Å². The molecule has 1 heterocycles. The van der Waals surface area contributed by atoms with Crippen molar-refractivity contribution in [1.29, 1.82) is 0 Å². The van der Waals surface area contributed by atoms with Gasteiger partial charge in [0, 0.05) is 6.54 Å². The minimum absolute atomic E-state index is 0.0669. The second kappa shape index (κ2) is 5.75. The van der Waals surface area contributed by atoms with E-state index in [2.05, 4.69) is 17.6 Å². The first-order valence-electron chi connectivity index (χ1n) is 4.49. The number of aromatic nitrogens is 2. The van der Waals surface area contributed by atoms with Gasteiger partial charge in [-0.15, -0.1) is 0 Å². The average molecular weight is 324 g/mol. The van der Waals surface area contributed by atoms with Crippen LogP contribution in [-0.4, -0.2) is 15.3 Å². The Kier molecular flexibility index (Phi) is 4.94. The van der Waals surface area contributed by atoms with Crippen molar-refractivity contribution in [3.8, 4) is 0 Å². The van der Waals surface area contributed by atoms with Gasteiger partial charge in [-0.3, -0.25) is 9.36 Å². The van der Waals surface area contributed by atoms with Crippen LogP contribution < -0.4 is 5.56 Å². The molecule has 0 N–H and O–H groups in total. The quantitative estimate of drug-likeness (QED) is 0.521. The third kappa shape index (κ3) is 2.98. The van der Waals surface area contributed by atoms with Crippen LogP contribution in [0.1, 0.15) is 18.5 Å². The summed E-state index contributed by atoms with van der Waals surface area (Å²) in [5.41, 5.74) is 0.873. The maximum atomic E-state index is 11.7. The maximum Gasteiger partial charge on any atom is 0.266 e. The fraction of sp³-hybridized carbons (Fsp3) is 0.556. The summed E-state index contributed by atoms with van der Waals surface area (Å²) in [7, 11) is 0. The number of aryl methyl sites for hydroxylation is 2. The monoisotopic (exact) mass is 324 g/mol. The first kappa shape index (κ1) is 12.0. The van der Waals surface area contributed by atoms with E-state index in [1.54, 1.807) is 10.9 Å². The molecule has 0 saturated heterocycles. The Balaban J connectivity index is 2.79. The van der Waals surface area contributed by atoms with E-state index in [9.17, 15) is 4.79 Å². The molecular weight excluding hydrogens is 311 g/mol. The van der Waals surface area contributed by atoms with Crippen LogP contribution in [0, 0.1) is 10.5 Å². The molecule has 0 atom stereocenters. The summed E-state index contributed by atoms with van der Waals surface area (Å²) in [5, 5.41) is 0. The number of hydrogen-bond acceptors (Lipinski definition) is 3. The van der Waals surface area contributed by atoms with E-state index in [4.69, 9.17) is 0 Å². The molecule has 0 unspecified atom stereocenters. The van der Waals surface area contributed by atoms with Gasteiger partial charge in [0.05, 0.1) is 15.6 Å². The highest BCUT2D eigenvalue weighted by atomic mass is 127. The molecule has 0 bridgehead atoms. The number of thiol groups is 1. The van der Waals surface area contributed by atoms with Crippen molar-refractivity contribution in [3.63, 3.8) is 0 Å². The van der Waals surface area contributed by atoms with Crippen molar-refractivity contribution in [3.05, 3.63) is 25.9 Å². The first-order valence-corrected chi connectivity index (χ1v) is 6.20. The lowest BCUT2D eigenvalue weighted by atomic mass is 10.3. The van der Waals surface area contributed by atoms with E-state index in [1.807, 2.05) is 29.5 Å². The van der Waals surface area contributed by atoms with Gasteiger partial charge in [-0.2, -0.15) is 12.6 Å². The molecular formula is C9H13IN2OS. The summed E-state index contributed by atoms with van der Waals surface area (Å²) in [6.45, 7) is 2.59. The highest BCUT2D eigenvalue weighted by molar-refractivity contribution is 14.1. The molecule has 14 heavy (non-hydrogen) atoms. The van der Waals surface area contributed by atoms with Crippen LogP contribution in [-0.2, 0) is 6.54 Å². The average Bonchev–Trinajstić information content (AvgIpc) is 2.18. The molecule has 0 aliphatic heterocycles. The van der Waals surface area contributed by atoms with Crippen molar-refractivity contribution in [1.82, 2.24) is 9.55 Å². The second-order valence-electron chi connectivity index (χ2n) is 3.07. The first-order chi connectivity index (χ1) is 6.66. The number of nitrogens with zero attached hydrogens (tertiary/aromatic N) is 2. The Bertz CT molecular complexity index is 364. The maximum absolute atomic E-state index is 11.7. The molecule has 0 radical (unpaired) electrons. The molecule has 3 nitrogen and oxygen atoms in total. The molecule has 0 saturated carbocycles. The van der Waals surface area contributed by atoms with E-state index in [0.29, 0.717) is 0 Å². The summed E-state index contributed by atoms with van der Waals surface area (Å²) in [5.74, 6) is 0.866. The Hall–Kier alpha value is -0.0400. The number of halogens is 1. The van der Waals surface area contributed by atoms with Gasteiger partial charge in [0.25, 0.3) is 5.56 Å². The molecule has 5 heteroatoms. The summed E-state index contributed by atoms with van der Waals surface area (Å²) < 4.78 is 2.38. The van der Waals surface area contributed by atoms with Gasteiger partial charge < -0.3 is 0 Å². The van der Waals surface area contributed by atoms with Gasteiger partial charge in [0.1, 0.15) is 0 Å². The lowest BCUT2D eigenvalue weighted by Crippen LogP contribution is -2.24. The molecule has 1 aromatic rings. The Morgan fingerprint density at radius 2 is 2.29 bits per heavy atom. The van der Waals surface area contributed by atoms with Gasteiger partial charge in [-0.1, -0.05) is 0 Å². The Morgan fingerprint density at radius 3 is 2.93 bits per heavy atom. The molecule has 0 aliphatic carbocycles. The van der Waals surface area contributed by atoms with E-state index in [-0.39, 0.29) is 5.56 Å². The van der Waals surface area contributed by atoms with Crippen LogP contribution >= 0.6 is 35.2 Å². The van der Waals surface area contributed by atoms with Crippen molar-refractivity contribution in [2.24, 2.45) is 0 Å². The lowest BCUT2D eigenvalue weighted by Gasteiger charge is -2.05. The van der Waals surface area contributed by atoms with Crippen molar-refractivity contribution < 1.29 is 0 Å². The molecule has 1 rings (SSSR count). The molecule has 0 fully saturated rings. The summed E-state index contributed by atoms with van der Waals surface area (Å²) in [6.07, 6.45) is 3.63. The number of unbranched alkanes of at least 4 members (excludes halogenated alkanes) is 1. The van der Waals surface area contributed by atoms with Crippen LogP contribution in [0.3, 0.4) is 0 Å². The van der Waals surface area contributed by atoms with Gasteiger partial charge in [-0.05, 0) is 48.1 Å². The molecule has 0 amide bonds. The van der Waals surface area contributed by atoms with Crippen LogP contribution in [0.15, 0.2) is 11.1 Å². The van der Waals surface area contributed by atoms with E-state index < -0.39 is 0 Å². The Labute approximate surface area is 102 Å². The fourth-order valence-corrected chi connectivity index (χ4v) is 1.77. The zero-order valence-corrected chi connectivity index (χ0v) is 11.1. The minimum Gasteiger partial charge on any atom is -0.298 e. The normalized spacial score (nSPS) is 10.5. The van der Waals surface area contributed by atoms with Crippen molar-refractivity contribution in [2.45, 2.75) is 26.3 Å². The van der Waals surface area contributed by atoms with Gasteiger partial charge >= 0.3 is 0 Å². The molecule has 0 aliphatic rings. The number of rotatable bonds is 4. The van der Waals surface area contributed by atoms with E-state index in [0.717, 1.165) is 34.4 Å². The third-order valence-electron chi connectivity index (χ3n) is 1.96. The zero-order valence-electron chi connectivity index (χ0n) is 8.03.